The van der Waals surface area contributed by atoms with Crippen LogP contribution in [0, 0.1) is 6.26 Å². The van der Waals surface area contributed by atoms with Gasteiger partial charge < -0.3 is 4.42 Å². The molecular formula is C11H9O. The second kappa shape index (κ2) is 2.86. The Bertz CT molecular complexity index is 398. The Morgan fingerprint density at radius 2 is 2.25 bits per heavy atom. The van der Waals surface area contributed by atoms with Crippen LogP contribution in [0.25, 0.3) is 11.0 Å². The molecule has 0 amide bonds. The van der Waals surface area contributed by atoms with Crippen molar-refractivity contribution in [1.29, 1.82) is 0 Å². The number of hydrogen-bond acceptors (Lipinski definition) is 1. The number of benzene rings is 1. The molecule has 0 N–H and O–H groups in total. The van der Waals surface area contributed by atoms with Crippen molar-refractivity contribution < 1.29 is 4.42 Å². The number of hydrogen-bond donors (Lipinski definition) is 0. The Hall–Kier alpha value is -1.50. The maximum Gasteiger partial charge on any atom is 0.174 e. The van der Waals surface area contributed by atoms with Gasteiger partial charge in [0, 0.05) is 10.9 Å². The number of para-hydroxylation sites is 1. The highest BCUT2D eigenvalue weighted by Gasteiger charge is 2.02. The highest BCUT2D eigenvalue weighted by atomic mass is 16.3. The summed E-state index contributed by atoms with van der Waals surface area (Å²) in [5, 5.41) is 1.14. The quantitative estimate of drug-likeness (QED) is 0.611. The van der Waals surface area contributed by atoms with Crippen LogP contribution in [-0.4, -0.2) is 0 Å². The SMILES string of the molecule is C=CCc1[c]oc2ccccc12. The molecule has 0 saturated heterocycles. The van der Waals surface area contributed by atoms with Crippen molar-refractivity contribution in [3.8, 4) is 0 Å². The third-order valence-electron chi connectivity index (χ3n) is 1.84. The molecule has 1 heterocycles. The molecule has 0 aliphatic heterocycles. The molecule has 0 aliphatic carbocycles. The Morgan fingerprint density at radius 1 is 1.42 bits per heavy atom. The van der Waals surface area contributed by atoms with E-state index in [2.05, 4.69) is 12.8 Å². The van der Waals surface area contributed by atoms with Crippen LogP contribution >= 0.6 is 0 Å². The fourth-order valence-electron chi connectivity index (χ4n) is 1.27. The Kier molecular flexibility index (Phi) is 1.71. The maximum atomic E-state index is 5.23. The maximum absolute atomic E-state index is 5.23. The molecule has 1 radical (unpaired) electrons. The average molecular weight is 157 g/mol. The van der Waals surface area contributed by atoms with Gasteiger partial charge in [0.15, 0.2) is 6.26 Å². The zero-order chi connectivity index (χ0) is 8.39. The monoisotopic (exact) mass is 157 g/mol. The molecule has 0 fully saturated rings. The van der Waals surface area contributed by atoms with Gasteiger partial charge in [0.25, 0.3) is 0 Å². The molecule has 1 nitrogen and oxygen atoms in total. The van der Waals surface area contributed by atoms with E-state index in [1.54, 1.807) is 0 Å². The van der Waals surface area contributed by atoms with Crippen molar-refractivity contribution in [1.82, 2.24) is 0 Å². The van der Waals surface area contributed by atoms with E-state index in [1.807, 2.05) is 30.3 Å². The topological polar surface area (TPSA) is 13.1 Å². The van der Waals surface area contributed by atoms with Gasteiger partial charge in [0.1, 0.15) is 5.58 Å². The minimum atomic E-state index is 0.816. The number of rotatable bonds is 2. The summed E-state index contributed by atoms with van der Waals surface area (Å²) < 4.78 is 5.23. The van der Waals surface area contributed by atoms with Crippen LogP contribution in [0.15, 0.2) is 41.3 Å². The molecule has 0 unspecified atom stereocenters. The van der Waals surface area contributed by atoms with E-state index in [9.17, 15) is 0 Å². The average Bonchev–Trinajstić information content (AvgIpc) is 2.50. The lowest BCUT2D eigenvalue weighted by atomic mass is 10.1. The fraction of sp³-hybridized carbons (Fsp3) is 0.0909. The van der Waals surface area contributed by atoms with Crippen LogP contribution in [0.4, 0.5) is 0 Å². The summed E-state index contributed by atoms with van der Waals surface area (Å²) >= 11 is 0. The van der Waals surface area contributed by atoms with E-state index in [1.165, 1.54) is 0 Å². The molecule has 1 aromatic heterocycles. The van der Waals surface area contributed by atoms with Gasteiger partial charge >= 0.3 is 0 Å². The molecular weight excluding hydrogens is 148 g/mol. The van der Waals surface area contributed by atoms with Crippen molar-refractivity contribution in [2.75, 3.05) is 0 Å². The predicted molar refractivity (Wildman–Crippen MR) is 49.0 cm³/mol. The van der Waals surface area contributed by atoms with Gasteiger partial charge in [-0.25, -0.2) is 0 Å². The molecule has 1 heteroatoms. The standard InChI is InChI=1S/C11H9O/c1-2-5-9-8-12-11-7-4-3-6-10(9)11/h2-4,6-7H,1,5H2. The van der Waals surface area contributed by atoms with Crippen molar-refractivity contribution in [3.05, 3.63) is 48.7 Å². The van der Waals surface area contributed by atoms with Crippen molar-refractivity contribution in [2.45, 2.75) is 6.42 Å². The normalized spacial score (nSPS) is 10.3. The summed E-state index contributed by atoms with van der Waals surface area (Å²) in [5.74, 6) is 0. The van der Waals surface area contributed by atoms with Gasteiger partial charge in [-0.15, -0.1) is 6.58 Å². The van der Waals surface area contributed by atoms with Crippen LogP contribution in [0.1, 0.15) is 5.56 Å². The molecule has 0 saturated carbocycles. The summed E-state index contributed by atoms with van der Waals surface area (Å²) in [7, 11) is 0. The number of furan rings is 1. The zero-order valence-electron chi connectivity index (χ0n) is 6.71. The summed E-state index contributed by atoms with van der Waals surface area (Å²) in [6.45, 7) is 3.68. The first-order chi connectivity index (χ1) is 5.92. The second-order valence-corrected chi connectivity index (χ2v) is 2.67. The fourth-order valence-corrected chi connectivity index (χ4v) is 1.27. The summed E-state index contributed by atoms with van der Waals surface area (Å²) in [5.41, 5.74) is 1.98. The Labute approximate surface area is 71.3 Å². The van der Waals surface area contributed by atoms with Gasteiger partial charge in [0.05, 0.1) is 0 Å². The number of fused-ring (bicyclic) bond motifs is 1. The van der Waals surface area contributed by atoms with Gasteiger partial charge in [-0.05, 0) is 12.5 Å². The van der Waals surface area contributed by atoms with Crippen molar-refractivity contribution in [3.63, 3.8) is 0 Å². The lowest BCUT2D eigenvalue weighted by Crippen LogP contribution is -1.75. The molecule has 59 valence electrons. The molecule has 1 aromatic carbocycles. The first kappa shape index (κ1) is 7.17. The van der Waals surface area contributed by atoms with Crippen molar-refractivity contribution in [2.24, 2.45) is 0 Å². The van der Waals surface area contributed by atoms with Crippen LogP contribution in [0.3, 0.4) is 0 Å². The van der Waals surface area contributed by atoms with Crippen LogP contribution in [0.5, 0.6) is 0 Å². The van der Waals surface area contributed by atoms with E-state index >= 15 is 0 Å². The molecule has 0 atom stereocenters. The second-order valence-electron chi connectivity index (χ2n) is 2.67. The minimum absolute atomic E-state index is 0.816. The van der Waals surface area contributed by atoms with E-state index in [0.29, 0.717) is 0 Å². The molecule has 2 aromatic rings. The lowest BCUT2D eigenvalue weighted by Gasteiger charge is -1.89. The first-order valence-corrected chi connectivity index (χ1v) is 3.91. The van der Waals surface area contributed by atoms with Gasteiger partial charge in [0.2, 0.25) is 0 Å². The zero-order valence-corrected chi connectivity index (χ0v) is 6.71. The highest BCUT2D eigenvalue weighted by Crippen LogP contribution is 2.20. The third kappa shape index (κ3) is 1.03. The van der Waals surface area contributed by atoms with Crippen LogP contribution < -0.4 is 0 Å². The van der Waals surface area contributed by atoms with Crippen molar-refractivity contribution >= 4 is 11.0 Å². The molecule has 0 spiro atoms. The van der Waals surface area contributed by atoms with E-state index in [-0.39, 0.29) is 0 Å². The summed E-state index contributed by atoms with van der Waals surface area (Å²) in [4.78, 5) is 0. The van der Waals surface area contributed by atoms with Gasteiger partial charge in [-0.3, -0.25) is 0 Å². The minimum Gasteiger partial charge on any atom is -0.452 e. The first-order valence-electron chi connectivity index (χ1n) is 3.91. The van der Waals surface area contributed by atoms with Gasteiger partial charge in [-0.1, -0.05) is 24.3 Å². The number of allylic oxidation sites excluding steroid dienone is 1. The highest BCUT2D eigenvalue weighted by molar-refractivity contribution is 5.80. The largest absolute Gasteiger partial charge is 0.452 e. The van der Waals surface area contributed by atoms with E-state index in [4.69, 9.17) is 4.42 Å². The Morgan fingerprint density at radius 3 is 3.08 bits per heavy atom. The Balaban J connectivity index is 2.62. The van der Waals surface area contributed by atoms with E-state index < -0.39 is 0 Å². The lowest BCUT2D eigenvalue weighted by molar-refractivity contribution is 0.602. The summed E-state index contributed by atoms with van der Waals surface area (Å²) in [6, 6.07) is 7.93. The van der Waals surface area contributed by atoms with Gasteiger partial charge in [-0.2, -0.15) is 0 Å². The molecule has 0 aliphatic rings. The molecule has 0 bridgehead atoms. The van der Waals surface area contributed by atoms with Crippen LogP contribution in [0.2, 0.25) is 0 Å². The van der Waals surface area contributed by atoms with Crippen LogP contribution in [-0.2, 0) is 6.42 Å². The molecule has 2 rings (SSSR count). The molecule has 12 heavy (non-hydrogen) atoms. The smallest absolute Gasteiger partial charge is 0.174 e. The third-order valence-corrected chi connectivity index (χ3v) is 1.84. The summed E-state index contributed by atoms with van der Waals surface area (Å²) in [6.07, 6.45) is 5.54. The van der Waals surface area contributed by atoms with E-state index in [0.717, 1.165) is 23.0 Å². The predicted octanol–water partition coefficient (Wildman–Crippen LogP) is 2.96.